The van der Waals surface area contributed by atoms with Crippen molar-refractivity contribution in [1.82, 2.24) is 0 Å². The zero-order chi connectivity index (χ0) is 11.9. The van der Waals surface area contributed by atoms with Crippen LogP contribution in [0.25, 0.3) is 0 Å². The zero-order valence-electron chi connectivity index (χ0n) is 11.9. The van der Waals surface area contributed by atoms with Crippen LogP contribution in [0, 0.1) is 28.6 Å². The Bertz CT molecular complexity index is 214. The van der Waals surface area contributed by atoms with Gasteiger partial charge in [-0.25, -0.2) is 0 Å². The Morgan fingerprint density at radius 1 is 1.07 bits per heavy atom. The Kier molecular flexibility index (Phi) is 3.58. The molecule has 0 radical (unpaired) electrons. The Morgan fingerprint density at radius 2 is 1.60 bits per heavy atom. The molecule has 0 N–H and O–H groups in total. The monoisotopic (exact) mass is 210 g/mol. The number of fused-ring (bicyclic) bond motifs is 2. The molecule has 2 aliphatic rings. The average Bonchev–Trinajstić information content (AvgIpc) is 2.52. The van der Waals surface area contributed by atoms with Crippen LogP contribution in [0.1, 0.15) is 67.7 Å². The molecule has 2 saturated carbocycles. The van der Waals surface area contributed by atoms with Gasteiger partial charge in [0.05, 0.1) is 0 Å². The summed E-state index contributed by atoms with van der Waals surface area (Å²) in [5, 5.41) is 0. The number of hydrogen-bond acceptors (Lipinski definition) is 0. The molecule has 0 aromatic carbocycles. The summed E-state index contributed by atoms with van der Waals surface area (Å²) in [5.41, 5.74) is 1.26. The lowest BCUT2D eigenvalue weighted by atomic mass is 9.64. The largest absolute Gasteiger partial charge is 0.0683 e. The maximum absolute atomic E-state index is 2.55. The SMILES string of the molecule is CC.CC(C)C1CC2CCC1(C)C2(C)C. The van der Waals surface area contributed by atoms with Crippen molar-refractivity contribution in [2.75, 3.05) is 0 Å². The van der Waals surface area contributed by atoms with Gasteiger partial charge in [-0.15, -0.1) is 0 Å². The molecule has 3 atom stereocenters. The first kappa shape index (κ1) is 13.1. The van der Waals surface area contributed by atoms with E-state index in [1.54, 1.807) is 0 Å². The molecule has 0 nitrogen and oxygen atoms in total. The lowest BCUT2D eigenvalue weighted by Gasteiger charge is -2.41. The second kappa shape index (κ2) is 4.11. The maximum atomic E-state index is 2.55. The van der Waals surface area contributed by atoms with Gasteiger partial charge < -0.3 is 0 Å². The smallest absolute Gasteiger partial charge is 0.0241 e. The third-order valence-corrected chi connectivity index (χ3v) is 5.67. The first-order chi connectivity index (χ1) is 6.89. The summed E-state index contributed by atoms with van der Waals surface area (Å²) >= 11 is 0. The van der Waals surface area contributed by atoms with Crippen molar-refractivity contribution in [3.8, 4) is 0 Å². The van der Waals surface area contributed by atoms with Crippen molar-refractivity contribution < 1.29 is 0 Å². The van der Waals surface area contributed by atoms with E-state index >= 15 is 0 Å². The lowest BCUT2D eigenvalue weighted by molar-refractivity contribution is 0.0766. The van der Waals surface area contributed by atoms with Gasteiger partial charge in [-0.2, -0.15) is 0 Å². The molecule has 3 unspecified atom stereocenters. The highest BCUT2D eigenvalue weighted by Crippen LogP contribution is 2.69. The Balaban J connectivity index is 0.000000531. The molecule has 0 aromatic rings. The normalized spacial score (nSPS) is 41.6. The fraction of sp³-hybridized carbons (Fsp3) is 1.00. The van der Waals surface area contributed by atoms with Crippen LogP contribution in [0.3, 0.4) is 0 Å². The molecule has 90 valence electrons. The molecule has 0 spiro atoms. The number of hydrogen-bond donors (Lipinski definition) is 0. The molecule has 2 fully saturated rings. The van der Waals surface area contributed by atoms with E-state index in [1.165, 1.54) is 19.3 Å². The molecule has 2 aliphatic carbocycles. The minimum absolute atomic E-state index is 0.613. The summed E-state index contributed by atoms with van der Waals surface area (Å²) in [5.74, 6) is 2.89. The van der Waals surface area contributed by atoms with Gasteiger partial charge in [-0.05, 0) is 47.8 Å². The van der Waals surface area contributed by atoms with E-state index in [0.717, 1.165) is 17.8 Å². The lowest BCUT2D eigenvalue weighted by Crippen LogP contribution is -2.34. The summed E-state index contributed by atoms with van der Waals surface area (Å²) in [6.45, 7) is 16.4. The first-order valence-electron chi connectivity index (χ1n) is 6.89. The predicted molar refractivity (Wildman–Crippen MR) is 68.9 cm³/mol. The second-order valence-electron chi connectivity index (χ2n) is 6.46. The molecule has 0 amide bonds. The predicted octanol–water partition coefficient (Wildman–Crippen LogP) is 5.13. The Hall–Kier alpha value is 0. The van der Waals surface area contributed by atoms with Gasteiger partial charge in [0.2, 0.25) is 0 Å². The third-order valence-electron chi connectivity index (χ3n) is 5.67. The van der Waals surface area contributed by atoms with E-state index in [0.29, 0.717) is 10.8 Å². The van der Waals surface area contributed by atoms with Crippen molar-refractivity contribution in [2.24, 2.45) is 28.6 Å². The molecular formula is C15H30. The summed E-state index contributed by atoms with van der Waals surface area (Å²) in [7, 11) is 0. The minimum atomic E-state index is 0.613. The van der Waals surface area contributed by atoms with Crippen LogP contribution in [0.15, 0.2) is 0 Å². The van der Waals surface area contributed by atoms with Crippen LogP contribution in [0.5, 0.6) is 0 Å². The van der Waals surface area contributed by atoms with Crippen molar-refractivity contribution in [2.45, 2.75) is 67.7 Å². The second-order valence-corrected chi connectivity index (χ2v) is 6.46. The minimum Gasteiger partial charge on any atom is -0.0683 e. The van der Waals surface area contributed by atoms with Gasteiger partial charge in [0.15, 0.2) is 0 Å². The standard InChI is InChI=1S/C13H24.C2H6/c1-9(2)11-8-10-6-7-13(11,5)12(10,3)4;1-2/h9-11H,6-8H2,1-5H3;1-2H3. The first-order valence-corrected chi connectivity index (χ1v) is 6.89. The van der Waals surface area contributed by atoms with E-state index < -0.39 is 0 Å². The van der Waals surface area contributed by atoms with Crippen molar-refractivity contribution in [3.63, 3.8) is 0 Å². The van der Waals surface area contributed by atoms with E-state index in [9.17, 15) is 0 Å². The highest BCUT2D eigenvalue weighted by atomic mass is 14.7. The Labute approximate surface area is 96.8 Å². The van der Waals surface area contributed by atoms with Gasteiger partial charge in [-0.3, -0.25) is 0 Å². The number of rotatable bonds is 1. The van der Waals surface area contributed by atoms with Crippen molar-refractivity contribution >= 4 is 0 Å². The van der Waals surface area contributed by atoms with Gasteiger partial charge in [0.1, 0.15) is 0 Å². The van der Waals surface area contributed by atoms with Crippen molar-refractivity contribution in [3.05, 3.63) is 0 Å². The van der Waals surface area contributed by atoms with E-state index in [2.05, 4.69) is 34.6 Å². The molecular weight excluding hydrogens is 180 g/mol. The molecule has 0 aliphatic heterocycles. The molecule has 2 bridgehead atoms. The highest BCUT2D eigenvalue weighted by molar-refractivity contribution is 5.10. The van der Waals surface area contributed by atoms with Crippen molar-refractivity contribution in [1.29, 1.82) is 0 Å². The molecule has 2 rings (SSSR count). The summed E-state index contributed by atoms with van der Waals surface area (Å²) < 4.78 is 0. The van der Waals surface area contributed by atoms with Crippen LogP contribution in [-0.2, 0) is 0 Å². The quantitative estimate of drug-likeness (QED) is 0.563. The van der Waals surface area contributed by atoms with Gasteiger partial charge in [0.25, 0.3) is 0 Å². The Morgan fingerprint density at radius 3 is 1.80 bits per heavy atom. The van der Waals surface area contributed by atoms with Gasteiger partial charge >= 0.3 is 0 Å². The highest BCUT2D eigenvalue weighted by Gasteiger charge is 2.61. The maximum Gasteiger partial charge on any atom is -0.0241 e. The van der Waals surface area contributed by atoms with Gasteiger partial charge in [0, 0.05) is 0 Å². The van der Waals surface area contributed by atoms with Crippen LogP contribution < -0.4 is 0 Å². The van der Waals surface area contributed by atoms with Crippen LogP contribution in [0.2, 0.25) is 0 Å². The fourth-order valence-electron chi connectivity index (χ4n) is 4.27. The summed E-state index contributed by atoms with van der Waals surface area (Å²) in [4.78, 5) is 0. The van der Waals surface area contributed by atoms with E-state index in [4.69, 9.17) is 0 Å². The molecule has 15 heavy (non-hydrogen) atoms. The summed E-state index contributed by atoms with van der Waals surface area (Å²) in [6, 6.07) is 0. The van der Waals surface area contributed by atoms with Crippen LogP contribution in [-0.4, -0.2) is 0 Å². The third kappa shape index (κ3) is 1.65. The van der Waals surface area contributed by atoms with E-state index in [-0.39, 0.29) is 0 Å². The topological polar surface area (TPSA) is 0 Å². The summed E-state index contributed by atoms with van der Waals surface area (Å²) in [6.07, 6.45) is 4.47. The molecule has 0 heterocycles. The molecule has 0 saturated heterocycles. The zero-order valence-corrected chi connectivity index (χ0v) is 11.9. The average molecular weight is 210 g/mol. The fourth-order valence-corrected chi connectivity index (χ4v) is 4.27. The van der Waals surface area contributed by atoms with Crippen LogP contribution >= 0.6 is 0 Å². The molecule has 0 heteroatoms. The van der Waals surface area contributed by atoms with Gasteiger partial charge in [-0.1, -0.05) is 48.5 Å². The van der Waals surface area contributed by atoms with E-state index in [1.807, 2.05) is 13.8 Å². The molecule has 0 aromatic heterocycles. The van der Waals surface area contributed by atoms with Crippen LogP contribution in [0.4, 0.5) is 0 Å².